The smallest absolute Gasteiger partial charge is 0.205 e. The number of fused-ring (bicyclic) bond motifs is 1. The fourth-order valence-corrected chi connectivity index (χ4v) is 3.82. The van der Waals surface area contributed by atoms with Crippen molar-refractivity contribution < 1.29 is 14.3 Å². The SMILES string of the molecule is CCCCc1ccc(NC2c3ccccc3OC2C(=O)c2ccc(OC)cc2)cc1. The Morgan fingerprint density at radius 3 is 2.43 bits per heavy atom. The van der Waals surface area contributed by atoms with Crippen molar-refractivity contribution in [2.75, 3.05) is 12.4 Å². The van der Waals surface area contributed by atoms with Crippen LogP contribution in [0.25, 0.3) is 0 Å². The topological polar surface area (TPSA) is 47.6 Å². The molecule has 0 saturated carbocycles. The van der Waals surface area contributed by atoms with Crippen LogP contribution in [0.5, 0.6) is 11.5 Å². The first-order valence-electron chi connectivity index (χ1n) is 10.5. The number of para-hydroxylation sites is 1. The van der Waals surface area contributed by atoms with Gasteiger partial charge in [-0.15, -0.1) is 0 Å². The van der Waals surface area contributed by atoms with Gasteiger partial charge in [-0.3, -0.25) is 4.79 Å². The van der Waals surface area contributed by atoms with Crippen LogP contribution in [0.1, 0.15) is 47.3 Å². The molecular weight excluding hydrogens is 374 g/mol. The molecule has 0 fully saturated rings. The number of Topliss-reactive ketones (excluding diaryl/α,β-unsaturated/α-hetero) is 1. The summed E-state index contributed by atoms with van der Waals surface area (Å²) in [6, 6.07) is 23.2. The van der Waals surface area contributed by atoms with Gasteiger partial charge in [0.1, 0.15) is 11.5 Å². The predicted octanol–water partition coefficient (Wildman–Crippen LogP) is 5.83. The molecule has 3 aromatic carbocycles. The summed E-state index contributed by atoms with van der Waals surface area (Å²) in [4.78, 5) is 13.3. The fourth-order valence-electron chi connectivity index (χ4n) is 3.82. The molecule has 2 unspecified atom stereocenters. The van der Waals surface area contributed by atoms with Crippen molar-refractivity contribution in [3.8, 4) is 11.5 Å². The van der Waals surface area contributed by atoms with Crippen molar-refractivity contribution in [2.24, 2.45) is 0 Å². The third-order valence-corrected chi connectivity index (χ3v) is 5.54. The quantitative estimate of drug-likeness (QED) is 0.482. The summed E-state index contributed by atoms with van der Waals surface area (Å²) in [5.41, 5.74) is 3.92. The predicted molar refractivity (Wildman–Crippen MR) is 120 cm³/mol. The number of benzene rings is 3. The highest BCUT2D eigenvalue weighted by Crippen LogP contribution is 2.40. The van der Waals surface area contributed by atoms with Crippen molar-refractivity contribution in [3.05, 3.63) is 89.5 Å². The number of ether oxygens (including phenoxy) is 2. The van der Waals surface area contributed by atoms with Crippen molar-refractivity contribution in [1.29, 1.82) is 0 Å². The Morgan fingerprint density at radius 2 is 1.73 bits per heavy atom. The molecule has 1 aliphatic rings. The van der Waals surface area contributed by atoms with E-state index in [4.69, 9.17) is 9.47 Å². The minimum Gasteiger partial charge on any atom is -0.497 e. The van der Waals surface area contributed by atoms with E-state index in [2.05, 4.69) is 36.5 Å². The van der Waals surface area contributed by atoms with Gasteiger partial charge in [0.25, 0.3) is 0 Å². The molecule has 0 aliphatic carbocycles. The number of ketones is 1. The van der Waals surface area contributed by atoms with E-state index in [0.717, 1.165) is 29.2 Å². The summed E-state index contributed by atoms with van der Waals surface area (Å²) in [5.74, 6) is 1.42. The first-order chi connectivity index (χ1) is 14.7. The summed E-state index contributed by atoms with van der Waals surface area (Å²) in [7, 11) is 1.61. The molecule has 1 aliphatic heterocycles. The lowest BCUT2D eigenvalue weighted by molar-refractivity contribution is 0.0802. The lowest BCUT2D eigenvalue weighted by Crippen LogP contribution is -2.33. The summed E-state index contributed by atoms with van der Waals surface area (Å²) in [6.07, 6.45) is 2.83. The number of carbonyl (C=O) groups is 1. The molecular formula is C26H27NO3. The van der Waals surface area contributed by atoms with Gasteiger partial charge in [-0.1, -0.05) is 43.7 Å². The molecule has 4 rings (SSSR count). The molecule has 154 valence electrons. The first-order valence-corrected chi connectivity index (χ1v) is 10.5. The van der Waals surface area contributed by atoms with Gasteiger partial charge in [0.05, 0.1) is 13.2 Å². The third-order valence-electron chi connectivity index (χ3n) is 5.54. The molecule has 4 nitrogen and oxygen atoms in total. The van der Waals surface area contributed by atoms with Gasteiger partial charge < -0.3 is 14.8 Å². The highest BCUT2D eigenvalue weighted by atomic mass is 16.5. The van der Waals surface area contributed by atoms with E-state index in [1.165, 1.54) is 18.4 Å². The molecule has 4 heteroatoms. The van der Waals surface area contributed by atoms with Crippen LogP contribution in [0.4, 0.5) is 5.69 Å². The van der Waals surface area contributed by atoms with E-state index in [-0.39, 0.29) is 11.8 Å². The number of hydrogen-bond acceptors (Lipinski definition) is 4. The van der Waals surface area contributed by atoms with E-state index < -0.39 is 6.10 Å². The van der Waals surface area contributed by atoms with Gasteiger partial charge in [0.2, 0.25) is 5.78 Å². The molecule has 0 bridgehead atoms. The fraction of sp³-hybridized carbons (Fsp3) is 0.269. The number of methoxy groups -OCH3 is 1. The van der Waals surface area contributed by atoms with Gasteiger partial charge in [-0.05, 0) is 60.9 Å². The van der Waals surface area contributed by atoms with Crippen molar-refractivity contribution in [1.82, 2.24) is 0 Å². The molecule has 1 N–H and O–H groups in total. The van der Waals surface area contributed by atoms with Crippen molar-refractivity contribution in [3.63, 3.8) is 0 Å². The monoisotopic (exact) mass is 401 g/mol. The van der Waals surface area contributed by atoms with Crippen LogP contribution in [0.15, 0.2) is 72.8 Å². The zero-order valence-electron chi connectivity index (χ0n) is 17.4. The normalized spacial score (nSPS) is 17.1. The second-order valence-corrected chi connectivity index (χ2v) is 7.59. The summed E-state index contributed by atoms with van der Waals surface area (Å²) in [5, 5.41) is 3.53. The summed E-state index contributed by atoms with van der Waals surface area (Å²) >= 11 is 0. The molecule has 30 heavy (non-hydrogen) atoms. The molecule has 1 heterocycles. The second-order valence-electron chi connectivity index (χ2n) is 7.59. The summed E-state index contributed by atoms with van der Waals surface area (Å²) in [6.45, 7) is 2.20. The maximum absolute atomic E-state index is 13.3. The molecule has 0 saturated heterocycles. The van der Waals surface area contributed by atoms with Gasteiger partial charge in [-0.25, -0.2) is 0 Å². The van der Waals surface area contributed by atoms with Crippen LogP contribution in [-0.2, 0) is 6.42 Å². The maximum atomic E-state index is 13.3. The number of hydrogen-bond donors (Lipinski definition) is 1. The van der Waals surface area contributed by atoms with Crippen LogP contribution in [0, 0.1) is 0 Å². The zero-order valence-corrected chi connectivity index (χ0v) is 17.4. The Kier molecular flexibility index (Phi) is 6.03. The van der Waals surface area contributed by atoms with Crippen LogP contribution < -0.4 is 14.8 Å². The van der Waals surface area contributed by atoms with Crippen LogP contribution in [-0.4, -0.2) is 19.0 Å². The van der Waals surface area contributed by atoms with Crippen molar-refractivity contribution >= 4 is 11.5 Å². The van der Waals surface area contributed by atoms with E-state index in [1.807, 2.05) is 24.3 Å². The van der Waals surface area contributed by atoms with Crippen LogP contribution in [0.3, 0.4) is 0 Å². The Hall–Kier alpha value is -3.27. The summed E-state index contributed by atoms with van der Waals surface area (Å²) < 4.78 is 11.3. The van der Waals surface area contributed by atoms with E-state index in [9.17, 15) is 4.79 Å². The number of unbranched alkanes of at least 4 members (excludes halogenated alkanes) is 1. The van der Waals surface area contributed by atoms with Gasteiger partial charge in [-0.2, -0.15) is 0 Å². The Labute approximate surface area is 177 Å². The van der Waals surface area contributed by atoms with Crippen LogP contribution in [0.2, 0.25) is 0 Å². The highest BCUT2D eigenvalue weighted by Gasteiger charge is 2.39. The Morgan fingerprint density at radius 1 is 1.00 bits per heavy atom. The number of nitrogens with one attached hydrogen (secondary N) is 1. The molecule has 3 aromatic rings. The van der Waals surface area contributed by atoms with Gasteiger partial charge in [0, 0.05) is 16.8 Å². The zero-order chi connectivity index (χ0) is 20.9. The molecule has 2 atom stereocenters. The maximum Gasteiger partial charge on any atom is 0.205 e. The average molecular weight is 402 g/mol. The van der Waals surface area contributed by atoms with Crippen LogP contribution >= 0.6 is 0 Å². The third kappa shape index (κ3) is 4.18. The largest absolute Gasteiger partial charge is 0.497 e. The Bertz CT molecular complexity index is 996. The molecule has 0 amide bonds. The number of anilines is 1. The molecule has 0 radical (unpaired) electrons. The van der Waals surface area contributed by atoms with Gasteiger partial charge >= 0.3 is 0 Å². The number of carbonyl (C=O) groups excluding carboxylic acids is 1. The standard InChI is InChI=1S/C26H27NO3/c1-3-4-7-18-10-14-20(15-11-18)27-24-22-8-5-6-9-23(22)30-26(24)25(28)19-12-16-21(29-2)17-13-19/h5-6,8-17,24,26-27H,3-4,7H2,1-2H3. The number of aryl methyl sites for hydroxylation is 1. The lowest BCUT2D eigenvalue weighted by atomic mass is 9.96. The average Bonchev–Trinajstić information content (AvgIpc) is 3.16. The minimum atomic E-state index is -0.629. The Balaban J connectivity index is 1.58. The minimum absolute atomic E-state index is 0.0501. The van der Waals surface area contributed by atoms with Gasteiger partial charge in [0.15, 0.2) is 6.10 Å². The first kappa shape index (κ1) is 20.0. The van der Waals surface area contributed by atoms with Crippen molar-refractivity contribution in [2.45, 2.75) is 38.3 Å². The highest BCUT2D eigenvalue weighted by molar-refractivity contribution is 6.01. The lowest BCUT2D eigenvalue weighted by Gasteiger charge is -2.21. The van der Waals surface area contributed by atoms with E-state index >= 15 is 0 Å². The van der Waals surface area contributed by atoms with E-state index in [0.29, 0.717) is 5.56 Å². The molecule has 0 spiro atoms. The second kappa shape index (κ2) is 9.04. The van der Waals surface area contributed by atoms with E-state index in [1.54, 1.807) is 31.4 Å². The molecule has 0 aromatic heterocycles. The number of rotatable bonds is 8.